The van der Waals surface area contributed by atoms with E-state index in [0.717, 1.165) is 37.4 Å². The van der Waals surface area contributed by atoms with Gasteiger partial charge in [-0.3, -0.25) is 4.79 Å². The second-order valence-corrected chi connectivity index (χ2v) is 5.34. The maximum absolute atomic E-state index is 12.2. The molecule has 0 aliphatic carbocycles. The van der Waals surface area contributed by atoms with Crippen molar-refractivity contribution in [2.24, 2.45) is 5.92 Å². The van der Waals surface area contributed by atoms with Gasteiger partial charge in [0, 0.05) is 12.1 Å². The van der Waals surface area contributed by atoms with Crippen LogP contribution >= 0.6 is 0 Å². The Balaban J connectivity index is 1.51. The van der Waals surface area contributed by atoms with E-state index in [1.807, 2.05) is 24.3 Å². The van der Waals surface area contributed by atoms with Gasteiger partial charge in [-0.1, -0.05) is 18.2 Å². The van der Waals surface area contributed by atoms with Gasteiger partial charge < -0.3 is 15.4 Å². The fraction of sp³-hybridized carbons (Fsp3) is 0.533. The predicted octanol–water partition coefficient (Wildman–Crippen LogP) is 1.28. The van der Waals surface area contributed by atoms with Gasteiger partial charge >= 0.3 is 0 Å². The van der Waals surface area contributed by atoms with Crippen LogP contribution in [-0.4, -0.2) is 32.1 Å². The highest BCUT2D eigenvalue weighted by Crippen LogP contribution is 2.33. The summed E-state index contributed by atoms with van der Waals surface area (Å²) in [5.41, 5.74) is 1.02. The lowest BCUT2D eigenvalue weighted by Gasteiger charge is -2.12. The summed E-state index contributed by atoms with van der Waals surface area (Å²) < 4.78 is 5.54. The van der Waals surface area contributed by atoms with Crippen LogP contribution in [0.25, 0.3) is 0 Å². The van der Waals surface area contributed by atoms with Crippen molar-refractivity contribution in [3.05, 3.63) is 29.8 Å². The summed E-state index contributed by atoms with van der Waals surface area (Å²) in [6, 6.07) is 7.80. The summed E-state index contributed by atoms with van der Waals surface area (Å²) in [5, 5.41) is 6.39. The first-order valence-electron chi connectivity index (χ1n) is 7.05. The molecular formula is C15H20N2O2. The molecule has 2 aliphatic heterocycles. The Morgan fingerprint density at radius 2 is 2.32 bits per heavy atom. The van der Waals surface area contributed by atoms with Crippen LogP contribution in [0.1, 0.15) is 24.3 Å². The smallest absolute Gasteiger partial charge is 0.231 e. The normalized spacial score (nSPS) is 24.8. The molecule has 1 aromatic rings. The van der Waals surface area contributed by atoms with E-state index in [-0.39, 0.29) is 11.8 Å². The van der Waals surface area contributed by atoms with Gasteiger partial charge in [0.05, 0.1) is 0 Å². The van der Waals surface area contributed by atoms with Crippen molar-refractivity contribution >= 4 is 5.91 Å². The summed E-state index contributed by atoms with van der Waals surface area (Å²) in [7, 11) is 0. The quantitative estimate of drug-likeness (QED) is 0.857. The fourth-order valence-electron chi connectivity index (χ4n) is 2.86. The first-order chi connectivity index (χ1) is 9.34. The number of nitrogens with one attached hydrogen (secondary N) is 2. The molecule has 4 nitrogen and oxygen atoms in total. The van der Waals surface area contributed by atoms with Crippen molar-refractivity contribution < 1.29 is 9.53 Å². The fourth-order valence-corrected chi connectivity index (χ4v) is 2.86. The van der Waals surface area contributed by atoms with E-state index in [2.05, 4.69) is 10.6 Å². The highest BCUT2D eigenvalue weighted by Gasteiger charge is 2.29. The number of hydrogen-bond donors (Lipinski definition) is 2. The number of benzene rings is 1. The average Bonchev–Trinajstić information content (AvgIpc) is 3.07. The maximum atomic E-state index is 12.2. The zero-order valence-corrected chi connectivity index (χ0v) is 11.0. The molecule has 102 valence electrons. The topological polar surface area (TPSA) is 50.4 Å². The SMILES string of the molecule is O=C(NCCC1CCNC1)C1COc2ccccc21. The van der Waals surface area contributed by atoms with Gasteiger partial charge in [-0.05, 0) is 37.9 Å². The number of carbonyl (C=O) groups is 1. The minimum absolute atomic E-state index is 0.0934. The number of carbonyl (C=O) groups excluding carboxylic acids is 1. The van der Waals surface area contributed by atoms with Crippen LogP contribution in [0.2, 0.25) is 0 Å². The zero-order chi connectivity index (χ0) is 13.1. The molecule has 2 unspecified atom stereocenters. The van der Waals surface area contributed by atoms with E-state index in [4.69, 9.17) is 4.74 Å². The third-order valence-electron chi connectivity index (χ3n) is 4.03. The van der Waals surface area contributed by atoms with E-state index in [9.17, 15) is 4.79 Å². The second-order valence-electron chi connectivity index (χ2n) is 5.34. The monoisotopic (exact) mass is 260 g/mol. The molecule has 3 rings (SSSR count). The zero-order valence-electron chi connectivity index (χ0n) is 11.0. The van der Waals surface area contributed by atoms with E-state index in [1.165, 1.54) is 6.42 Å². The van der Waals surface area contributed by atoms with Crippen LogP contribution in [0.4, 0.5) is 0 Å². The summed E-state index contributed by atoms with van der Waals surface area (Å²) in [5.74, 6) is 1.52. The van der Waals surface area contributed by atoms with Crippen molar-refractivity contribution in [3.63, 3.8) is 0 Å². The van der Waals surface area contributed by atoms with E-state index in [1.54, 1.807) is 0 Å². The summed E-state index contributed by atoms with van der Waals surface area (Å²) in [6.07, 6.45) is 2.29. The predicted molar refractivity (Wildman–Crippen MR) is 73.3 cm³/mol. The molecule has 1 saturated heterocycles. The van der Waals surface area contributed by atoms with Crippen molar-refractivity contribution in [2.45, 2.75) is 18.8 Å². The minimum Gasteiger partial charge on any atom is -0.492 e. The highest BCUT2D eigenvalue weighted by atomic mass is 16.5. The Labute approximate surface area is 113 Å². The number of rotatable bonds is 4. The standard InChI is InChI=1S/C15H20N2O2/c18-15(17-8-6-11-5-7-16-9-11)13-10-19-14-4-2-1-3-12(13)14/h1-4,11,13,16H,5-10H2,(H,17,18). The molecule has 0 spiro atoms. The van der Waals surface area contributed by atoms with Crippen LogP contribution < -0.4 is 15.4 Å². The van der Waals surface area contributed by atoms with E-state index >= 15 is 0 Å². The lowest BCUT2D eigenvalue weighted by Crippen LogP contribution is -2.32. The number of para-hydroxylation sites is 1. The van der Waals surface area contributed by atoms with Gasteiger partial charge in [0.2, 0.25) is 5.91 Å². The van der Waals surface area contributed by atoms with Crippen molar-refractivity contribution in [3.8, 4) is 5.75 Å². The van der Waals surface area contributed by atoms with Crippen LogP contribution in [0.3, 0.4) is 0 Å². The third kappa shape index (κ3) is 2.73. The lowest BCUT2D eigenvalue weighted by molar-refractivity contribution is -0.122. The van der Waals surface area contributed by atoms with Gasteiger partial charge in [-0.25, -0.2) is 0 Å². The molecule has 2 atom stereocenters. The Morgan fingerprint density at radius 3 is 3.16 bits per heavy atom. The summed E-state index contributed by atoms with van der Waals surface area (Å²) in [6.45, 7) is 3.44. The molecule has 0 radical (unpaired) electrons. The molecule has 1 aromatic carbocycles. The molecule has 4 heteroatoms. The van der Waals surface area contributed by atoms with Gasteiger partial charge in [0.1, 0.15) is 18.3 Å². The first-order valence-corrected chi connectivity index (χ1v) is 7.05. The number of hydrogen-bond acceptors (Lipinski definition) is 3. The molecule has 1 amide bonds. The van der Waals surface area contributed by atoms with Crippen molar-refractivity contribution in [1.29, 1.82) is 0 Å². The molecule has 2 N–H and O–H groups in total. The lowest BCUT2D eigenvalue weighted by atomic mass is 10.00. The number of fused-ring (bicyclic) bond motifs is 1. The largest absolute Gasteiger partial charge is 0.492 e. The van der Waals surface area contributed by atoms with E-state index < -0.39 is 0 Å². The van der Waals surface area contributed by atoms with Crippen LogP contribution in [0.15, 0.2) is 24.3 Å². The molecule has 0 aromatic heterocycles. The summed E-state index contributed by atoms with van der Waals surface area (Å²) in [4.78, 5) is 12.2. The Bertz CT molecular complexity index is 455. The second kappa shape index (κ2) is 5.61. The number of ether oxygens (including phenoxy) is 1. The minimum atomic E-state index is -0.141. The Hall–Kier alpha value is -1.55. The molecule has 2 aliphatic rings. The van der Waals surface area contributed by atoms with Crippen LogP contribution in [0, 0.1) is 5.92 Å². The Morgan fingerprint density at radius 1 is 1.42 bits per heavy atom. The molecule has 2 heterocycles. The summed E-state index contributed by atoms with van der Waals surface area (Å²) >= 11 is 0. The van der Waals surface area contributed by atoms with Gasteiger partial charge in [0.25, 0.3) is 0 Å². The van der Waals surface area contributed by atoms with Gasteiger partial charge in [-0.15, -0.1) is 0 Å². The third-order valence-corrected chi connectivity index (χ3v) is 4.03. The molecule has 0 saturated carbocycles. The number of amides is 1. The van der Waals surface area contributed by atoms with Gasteiger partial charge in [0.15, 0.2) is 0 Å². The maximum Gasteiger partial charge on any atom is 0.231 e. The Kier molecular flexibility index (Phi) is 3.69. The molecule has 0 bridgehead atoms. The van der Waals surface area contributed by atoms with Crippen molar-refractivity contribution in [2.75, 3.05) is 26.2 Å². The average molecular weight is 260 g/mol. The van der Waals surface area contributed by atoms with Crippen LogP contribution in [0.5, 0.6) is 5.75 Å². The van der Waals surface area contributed by atoms with Gasteiger partial charge in [-0.2, -0.15) is 0 Å². The first kappa shape index (κ1) is 12.5. The molecule has 1 fully saturated rings. The molecule has 19 heavy (non-hydrogen) atoms. The molecular weight excluding hydrogens is 240 g/mol. The van der Waals surface area contributed by atoms with Crippen molar-refractivity contribution in [1.82, 2.24) is 10.6 Å². The highest BCUT2D eigenvalue weighted by molar-refractivity contribution is 5.85. The van der Waals surface area contributed by atoms with E-state index in [0.29, 0.717) is 12.5 Å². The van der Waals surface area contributed by atoms with Crippen LogP contribution in [-0.2, 0) is 4.79 Å².